The van der Waals surface area contributed by atoms with Gasteiger partial charge >= 0.3 is 0 Å². The first kappa shape index (κ1) is 11.5. The lowest BCUT2D eigenvalue weighted by molar-refractivity contribution is 0.326. The lowest BCUT2D eigenvalue weighted by Gasteiger charge is -2.15. The van der Waals surface area contributed by atoms with Crippen molar-refractivity contribution in [2.75, 3.05) is 26.2 Å². The minimum absolute atomic E-state index is 0.671. The fourth-order valence-corrected chi connectivity index (χ4v) is 2.11. The summed E-state index contributed by atoms with van der Waals surface area (Å²) in [5.41, 5.74) is 0. The van der Waals surface area contributed by atoms with Crippen LogP contribution in [0.15, 0.2) is 10.9 Å². The van der Waals surface area contributed by atoms with Crippen molar-refractivity contribution in [2.24, 2.45) is 0 Å². The predicted molar refractivity (Wildman–Crippen MR) is 61.1 cm³/mol. The highest BCUT2D eigenvalue weighted by Crippen LogP contribution is 2.09. The Bertz CT molecular complexity index is 288. The average molecular weight is 224 g/mol. The molecule has 0 spiro atoms. The molecule has 1 saturated heterocycles. The van der Waals surface area contributed by atoms with Crippen LogP contribution in [0.5, 0.6) is 0 Å². The first-order valence-electron chi connectivity index (χ1n) is 6.09. The van der Waals surface area contributed by atoms with E-state index < -0.39 is 0 Å². The van der Waals surface area contributed by atoms with E-state index in [4.69, 9.17) is 4.52 Å². The first-order chi connectivity index (χ1) is 7.88. The van der Waals surface area contributed by atoms with Crippen molar-refractivity contribution in [1.29, 1.82) is 0 Å². The second kappa shape index (κ2) is 5.96. The molecule has 2 rings (SSSR count). The lowest BCUT2D eigenvalue weighted by atomic mass is 10.2. The van der Waals surface area contributed by atoms with Crippen molar-refractivity contribution in [2.45, 2.75) is 32.2 Å². The molecule has 5 heteroatoms. The van der Waals surface area contributed by atoms with E-state index in [0.717, 1.165) is 31.9 Å². The van der Waals surface area contributed by atoms with Gasteiger partial charge in [-0.25, -0.2) is 0 Å². The molecule has 2 heterocycles. The van der Waals surface area contributed by atoms with Crippen molar-refractivity contribution in [3.8, 4) is 0 Å². The van der Waals surface area contributed by atoms with Crippen LogP contribution in [-0.2, 0) is 6.42 Å². The molecule has 1 aromatic heterocycles. The van der Waals surface area contributed by atoms with Crippen LogP contribution < -0.4 is 5.32 Å². The molecule has 1 fully saturated rings. The zero-order valence-electron chi connectivity index (χ0n) is 9.85. The number of likely N-dealkylation sites (tertiary alicyclic amines) is 1. The fourth-order valence-electron chi connectivity index (χ4n) is 2.11. The van der Waals surface area contributed by atoms with Gasteiger partial charge in [-0.05, 0) is 25.9 Å². The van der Waals surface area contributed by atoms with Gasteiger partial charge < -0.3 is 14.7 Å². The van der Waals surface area contributed by atoms with E-state index >= 15 is 0 Å². The maximum absolute atomic E-state index is 4.71. The van der Waals surface area contributed by atoms with E-state index in [9.17, 15) is 0 Å². The molecule has 1 aliphatic heterocycles. The number of nitrogens with one attached hydrogen (secondary N) is 1. The second-order valence-electron chi connectivity index (χ2n) is 4.34. The van der Waals surface area contributed by atoms with Gasteiger partial charge in [-0.1, -0.05) is 12.1 Å². The zero-order valence-corrected chi connectivity index (χ0v) is 9.85. The van der Waals surface area contributed by atoms with E-state index in [1.165, 1.54) is 25.8 Å². The van der Waals surface area contributed by atoms with Gasteiger partial charge in [0.25, 0.3) is 0 Å². The molecular weight excluding hydrogens is 204 g/mol. The minimum Gasteiger partial charge on any atom is -0.343 e. The van der Waals surface area contributed by atoms with E-state index in [0.29, 0.717) is 6.04 Å². The topological polar surface area (TPSA) is 54.2 Å². The van der Waals surface area contributed by atoms with Crippen molar-refractivity contribution < 1.29 is 4.52 Å². The number of aromatic nitrogens is 2. The molecule has 90 valence electrons. The molecule has 1 atom stereocenters. The van der Waals surface area contributed by atoms with Gasteiger partial charge in [-0.2, -0.15) is 4.98 Å². The van der Waals surface area contributed by atoms with Crippen LogP contribution in [0.25, 0.3) is 0 Å². The summed E-state index contributed by atoms with van der Waals surface area (Å²) in [5.74, 6) is 0.810. The van der Waals surface area contributed by atoms with E-state index in [2.05, 4.69) is 27.3 Å². The molecule has 1 N–H and O–H groups in total. The summed E-state index contributed by atoms with van der Waals surface area (Å²) in [4.78, 5) is 6.49. The van der Waals surface area contributed by atoms with Crippen molar-refractivity contribution in [3.63, 3.8) is 0 Å². The van der Waals surface area contributed by atoms with Gasteiger partial charge in [0.1, 0.15) is 0 Å². The second-order valence-corrected chi connectivity index (χ2v) is 4.34. The molecule has 0 aromatic carbocycles. The van der Waals surface area contributed by atoms with Crippen LogP contribution in [0.2, 0.25) is 0 Å². The summed E-state index contributed by atoms with van der Waals surface area (Å²) < 4.78 is 4.71. The van der Waals surface area contributed by atoms with Crippen molar-refractivity contribution in [3.05, 3.63) is 12.2 Å². The minimum atomic E-state index is 0.671. The monoisotopic (exact) mass is 224 g/mol. The number of hydrogen-bond acceptors (Lipinski definition) is 5. The summed E-state index contributed by atoms with van der Waals surface area (Å²) in [7, 11) is 0. The van der Waals surface area contributed by atoms with Crippen LogP contribution >= 0.6 is 0 Å². The summed E-state index contributed by atoms with van der Waals surface area (Å²) in [6.45, 7) is 6.69. The van der Waals surface area contributed by atoms with Crippen LogP contribution in [0.4, 0.5) is 0 Å². The highest BCUT2D eigenvalue weighted by molar-refractivity contribution is 4.84. The number of rotatable bonds is 6. The smallest absolute Gasteiger partial charge is 0.213 e. The molecule has 0 radical (unpaired) electrons. The first-order valence-corrected chi connectivity index (χ1v) is 6.09. The molecule has 16 heavy (non-hydrogen) atoms. The summed E-state index contributed by atoms with van der Waals surface area (Å²) in [6, 6.07) is 0.671. The van der Waals surface area contributed by atoms with E-state index in [1.807, 2.05) is 0 Å². The molecule has 0 amide bonds. The van der Waals surface area contributed by atoms with Crippen LogP contribution in [-0.4, -0.2) is 47.3 Å². The largest absolute Gasteiger partial charge is 0.343 e. The average Bonchev–Trinajstić information content (AvgIpc) is 2.95. The van der Waals surface area contributed by atoms with Crippen molar-refractivity contribution in [1.82, 2.24) is 20.4 Å². The van der Waals surface area contributed by atoms with Gasteiger partial charge in [-0.3, -0.25) is 0 Å². The molecule has 0 bridgehead atoms. The Balaban J connectivity index is 1.65. The lowest BCUT2D eigenvalue weighted by Crippen LogP contribution is -2.33. The summed E-state index contributed by atoms with van der Waals surface area (Å²) in [5, 5.41) is 7.38. The van der Waals surface area contributed by atoms with Gasteiger partial charge in [0, 0.05) is 25.6 Å². The Kier molecular flexibility index (Phi) is 4.30. The van der Waals surface area contributed by atoms with Crippen LogP contribution in [0.3, 0.4) is 0 Å². The predicted octanol–water partition coefficient (Wildman–Crippen LogP) is 0.686. The molecule has 1 aliphatic rings. The van der Waals surface area contributed by atoms with Gasteiger partial charge in [0.15, 0.2) is 5.82 Å². The highest BCUT2D eigenvalue weighted by atomic mass is 16.5. The Hall–Kier alpha value is -0.940. The normalized spacial score (nSPS) is 21.7. The zero-order chi connectivity index (χ0) is 11.2. The van der Waals surface area contributed by atoms with E-state index in [-0.39, 0.29) is 0 Å². The van der Waals surface area contributed by atoms with E-state index in [1.54, 1.807) is 0 Å². The third-order valence-electron chi connectivity index (χ3n) is 3.01. The maximum Gasteiger partial charge on any atom is 0.213 e. The van der Waals surface area contributed by atoms with Gasteiger partial charge in [0.2, 0.25) is 6.39 Å². The quantitative estimate of drug-likeness (QED) is 0.770. The van der Waals surface area contributed by atoms with Gasteiger partial charge in [-0.15, -0.1) is 0 Å². The molecular formula is C11H20N4O. The Morgan fingerprint density at radius 1 is 1.62 bits per heavy atom. The Morgan fingerprint density at radius 2 is 2.56 bits per heavy atom. The third-order valence-corrected chi connectivity index (χ3v) is 3.01. The standard InChI is InChI=1S/C11H20N4O/c1-2-5-12-10-3-6-15(8-10)7-4-11-13-9-16-14-11/h9-10,12H,2-8H2,1H3. The van der Waals surface area contributed by atoms with Crippen molar-refractivity contribution >= 4 is 0 Å². The highest BCUT2D eigenvalue weighted by Gasteiger charge is 2.21. The molecule has 1 unspecified atom stereocenters. The molecule has 0 aliphatic carbocycles. The van der Waals surface area contributed by atoms with Crippen LogP contribution in [0, 0.1) is 0 Å². The SMILES string of the molecule is CCCNC1CCN(CCc2ncon2)C1. The Morgan fingerprint density at radius 3 is 3.31 bits per heavy atom. The van der Waals surface area contributed by atoms with Crippen LogP contribution in [0.1, 0.15) is 25.6 Å². The number of nitrogens with zero attached hydrogens (tertiary/aromatic N) is 3. The molecule has 1 aromatic rings. The molecule has 5 nitrogen and oxygen atoms in total. The number of hydrogen-bond donors (Lipinski definition) is 1. The fraction of sp³-hybridized carbons (Fsp3) is 0.818. The maximum atomic E-state index is 4.71. The van der Waals surface area contributed by atoms with Gasteiger partial charge in [0.05, 0.1) is 0 Å². The summed E-state index contributed by atoms with van der Waals surface area (Å²) >= 11 is 0. The third kappa shape index (κ3) is 3.28. The summed E-state index contributed by atoms with van der Waals surface area (Å²) in [6.07, 6.45) is 4.74. The molecule has 0 saturated carbocycles. The Labute approximate surface area is 96.2 Å².